The summed E-state index contributed by atoms with van der Waals surface area (Å²) in [5, 5.41) is 10.1. The molecule has 21 heavy (non-hydrogen) atoms. The zero-order valence-electron chi connectivity index (χ0n) is 11.7. The van der Waals surface area contributed by atoms with Crippen LogP contribution in [0.4, 0.5) is 0 Å². The summed E-state index contributed by atoms with van der Waals surface area (Å²) in [4.78, 5) is 11.0. The van der Waals surface area contributed by atoms with Crippen molar-refractivity contribution in [1.29, 1.82) is 0 Å². The molecule has 1 aliphatic rings. The third-order valence-corrected chi connectivity index (χ3v) is 4.86. The van der Waals surface area contributed by atoms with E-state index in [1.165, 1.54) is 6.08 Å². The van der Waals surface area contributed by atoms with Gasteiger partial charge in [0.05, 0.1) is 6.42 Å². The van der Waals surface area contributed by atoms with Crippen LogP contribution in [-0.4, -0.2) is 25.0 Å². The van der Waals surface area contributed by atoms with Crippen molar-refractivity contribution >= 4 is 22.1 Å². The molecule has 6 heteroatoms. The lowest BCUT2D eigenvalue weighted by Crippen LogP contribution is -2.46. The second kappa shape index (κ2) is 6.41. The quantitative estimate of drug-likeness (QED) is 0.845. The summed E-state index contributed by atoms with van der Waals surface area (Å²) in [5.41, 5.74) is -0.0623. The molecule has 2 rings (SSSR count). The summed E-state index contributed by atoms with van der Waals surface area (Å²) < 4.78 is 26.9. The Balaban J connectivity index is 2.12. The SMILES string of the molecule is O=C(O)CC1(NS(=O)(=O)C=Cc2ccccc2)CCCC1. The van der Waals surface area contributed by atoms with E-state index in [1.54, 1.807) is 12.1 Å². The molecule has 1 aliphatic carbocycles. The average Bonchev–Trinajstić information content (AvgIpc) is 2.84. The lowest BCUT2D eigenvalue weighted by atomic mass is 9.95. The van der Waals surface area contributed by atoms with Crippen LogP contribution in [0.2, 0.25) is 0 Å². The normalized spacial score (nSPS) is 18.1. The molecule has 5 nitrogen and oxygen atoms in total. The zero-order valence-corrected chi connectivity index (χ0v) is 12.5. The maximum Gasteiger partial charge on any atom is 0.305 e. The molecule has 0 radical (unpaired) electrons. The van der Waals surface area contributed by atoms with Gasteiger partial charge in [-0.2, -0.15) is 0 Å². The van der Waals surface area contributed by atoms with Crippen LogP contribution >= 0.6 is 0 Å². The van der Waals surface area contributed by atoms with Crippen LogP contribution in [-0.2, 0) is 14.8 Å². The number of carboxylic acid groups (broad SMARTS) is 1. The molecule has 2 N–H and O–H groups in total. The first-order valence-corrected chi connectivity index (χ1v) is 8.44. The molecule has 1 aromatic rings. The Morgan fingerprint density at radius 3 is 2.43 bits per heavy atom. The van der Waals surface area contributed by atoms with Crippen LogP contribution < -0.4 is 4.72 Å². The Bertz CT molecular complexity index is 616. The minimum atomic E-state index is -3.66. The van der Waals surface area contributed by atoms with Crippen LogP contribution in [0, 0.1) is 0 Å². The number of nitrogens with one attached hydrogen (secondary N) is 1. The largest absolute Gasteiger partial charge is 0.481 e. The fourth-order valence-electron chi connectivity index (χ4n) is 2.72. The third kappa shape index (κ3) is 4.68. The molecule has 0 saturated heterocycles. The van der Waals surface area contributed by atoms with Crippen molar-refractivity contribution in [2.24, 2.45) is 0 Å². The fourth-order valence-corrected chi connectivity index (χ4v) is 4.01. The highest BCUT2D eigenvalue weighted by atomic mass is 32.2. The number of rotatable bonds is 6. The lowest BCUT2D eigenvalue weighted by molar-refractivity contribution is -0.138. The first-order valence-electron chi connectivity index (χ1n) is 6.90. The van der Waals surface area contributed by atoms with E-state index in [0.717, 1.165) is 23.8 Å². The zero-order chi connectivity index (χ0) is 15.3. The Kier molecular flexibility index (Phi) is 4.80. The van der Waals surface area contributed by atoms with Crippen LogP contribution in [0.3, 0.4) is 0 Å². The maximum absolute atomic E-state index is 12.2. The van der Waals surface area contributed by atoms with Gasteiger partial charge in [-0.25, -0.2) is 13.1 Å². The van der Waals surface area contributed by atoms with Gasteiger partial charge in [-0.1, -0.05) is 43.2 Å². The smallest absolute Gasteiger partial charge is 0.305 e. The number of benzene rings is 1. The predicted octanol–water partition coefficient (Wildman–Crippen LogP) is 2.36. The molecule has 0 aliphatic heterocycles. The predicted molar refractivity (Wildman–Crippen MR) is 81.0 cm³/mol. The van der Waals surface area contributed by atoms with Gasteiger partial charge in [0, 0.05) is 10.9 Å². The standard InChI is InChI=1S/C15H19NO4S/c17-14(18)12-15(9-4-5-10-15)16-21(19,20)11-8-13-6-2-1-3-7-13/h1-3,6-8,11,16H,4-5,9-10,12H2,(H,17,18). The molecule has 1 fully saturated rings. The van der Waals surface area contributed by atoms with Gasteiger partial charge in [0.2, 0.25) is 10.0 Å². The van der Waals surface area contributed by atoms with Gasteiger partial charge < -0.3 is 5.11 Å². The second-order valence-corrected chi connectivity index (χ2v) is 6.98. The second-order valence-electron chi connectivity index (χ2n) is 5.42. The molecule has 0 spiro atoms. The molecular weight excluding hydrogens is 290 g/mol. The monoisotopic (exact) mass is 309 g/mol. The van der Waals surface area contributed by atoms with Crippen molar-refractivity contribution in [3.05, 3.63) is 41.3 Å². The molecule has 0 heterocycles. The maximum atomic E-state index is 12.2. The van der Waals surface area contributed by atoms with Crippen molar-refractivity contribution in [3.8, 4) is 0 Å². The molecule has 0 atom stereocenters. The van der Waals surface area contributed by atoms with Gasteiger partial charge >= 0.3 is 5.97 Å². The number of hydrogen-bond acceptors (Lipinski definition) is 3. The van der Waals surface area contributed by atoms with E-state index in [-0.39, 0.29) is 6.42 Å². The summed E-state index contributed by atoms with van der Waals surface area (Å²) in [5.74, 6) is -0.980. The molecule has 114 valence electrons. The van der Waals surface area contributed by atoms with Crippen molar-refractivity contribution in [2.45, 2.75) is 37.6 Å². The topological polar surface area (TPSA) is 83.5 Å². The molecule has 0 aromatic heterocycles. The van der Waals surface area contributed by atoms with Crippen molar-refractivity contribution in [1.82, 2.24) is 4.72 Å². The number of hydrogen-bond donors (Lipinski definition) is 2. The number of carbonyl (C=O) groups is 1. The highest BCUT2D eigenvalue weighted by Crippen LogP contribution is 2.33. The minimum Gasteiger partial charge on any atom is -0.481 e. The summed E-state index contributed by atoms with van der Waals surface area (Å²) in [7, 11) is -3.66. The van der Waals surface area contributed by atoms with Gasteiger partial charge in [-0.3, -0.25) is 4.79 Å². The first-order chi connectivity index (χ1) is 9.91. The Labute approximate surface area is 124 Å². The van der Waals surface area contributed by atoms with Crippen LogP contribution in [0.15, 0.2) is 35.7 Å². The minimum absolute atomic E-state index is 0.175. The number of sulfonamides is 1. The van der Waals surface area contributed by atoms with E-state index >= 15 is 0 Å². The molecule has 1 aromatic carbocycles. The van der Waals surface area contributed by atoms with E-state index in [2.05, 4.69) is 4.72 Å². The van der Waals surface area contributed by atoms with Crippen LogP contribution in [0.1, 0.15) is 37.7 Å². The molecular formula is C15H19NO4S. The highest BCUT2D eigenvalue weighted by Gasteiger charge is 2.38. The van der Waals surface area contributed by atoms with Crippen LogP contribution in [0.25, 0.3) is 6.08 Å². The van der Waals surface area contributed by atoms with Gasteiger partial charge in [-0.15, -0.1) is 0 Å². The Morgan fingerprint density at radius 2 is 1.86 bits per heavy atom. The van der Waals surface area contributed by atoms with E-state index in [1.807, 2.05) is 18.2 Å². The van der Waals surface area contributed by atoms with Crippen molar-refractivity contribution in [3.63, 3.8) is 0 Å². The van der Waals surface area contributed by atoms with Gasteiger partial charge in [0.1, 0.15) is 0 Å². The van der Waals surface area contributed by atoms with Crippen LogP contribution in [0.5, 0.6) is 0 Å². The summed E-state index contributed by atoms with van der Waals surface area (Å²) in [6, 6.07) is 9.10. The molecule has 0 amide bonds. The average molecular weight is 309 g/mol. The van der Waals surface area contributed by atoms with E-state index in [4.69, 9.17) is 5.11 Å². The van der Waals surface area contributed by atoms with E-state index in [0.29, 0.717) is 12.8 Å². The number of aliphatic carboxylic acids is 1. The first kappa shape index (κ1) is 15.7. The summed E-state index contributed by atoms with van der Waals surface area (Å²) in [6.45, 7) is 0. The number of carboxylic acids is 1. The lowest BCUT2D eigenvalue weighted by Gasteiger charge is -2.27. The molecule has 1 saturated carbocycles. The van der Waals surface area contributed by atoms with E-state index < -0.39 is 21.5 Å². The fraction of sp³-hybridized carbons (Fsp3) is 0.400. The summed E-state index contributed by atoms with van der Waals surface area (Å²) in [6.07, 6.45) is 4.16. The summed E-state index contributed by atoms with van der Waals surface area (Å²) >= 11 is 0. The van der Waals surface area contributed by atoms with Gasteiger partial charge in [0.25, 0.3) is 0 Å². The molecule has 0 unspecified atom stereocenters. The highest BCUT2D eigenvalue weighted by molar-refractivity contribution is 7.92. The van der Waals surface area contributed by atoms with E-state index in [9.17, 15) is 13.2 Å². The third-order valence-electron chi connectivity index (χ3n) is 3.65. The Morgan fingerprint density at radius 1 is 1.24 bits per heavy atom. The Hall–Kier alpha value is -1.66. The van der Waals surface area contributed by atoms with Gasteiger partial charge in [0.15, 0.2) is 0 Å². The van der Waals surface area contributed by atoms with Crippen molar-refractivity contribution in [2.75, 3.05) is 0 Å². The van der Waals surface area contributed by atoms with Gasteiger partial charge in [-0.05, 0) is 24.5 Å². The van der Waals surface area contributed by atoms with Crippen molar-refractivity contribution < 1.29 is 18.3 Å². The molecule has 0 bridgehead atoms.